The third-order valence-corrected chi connectivity index (χ3v) is 5.25. The predicted octanol–water partition coefficient (Wildman–Crippen LogP) is 4.97. The van der Waals surface area contributed by atoms with Crippen molar-refractivity contribution in [3.05, 3.63) is 77.4 Å². The molecule has 2 heterocycles. The van der Waals surface area contributed by atoms with E-state index in [0.29, 0.717) is 35.9 Å². The molecular formula is C23H19ClF2N2O2. The first-order valence-corrected chi connectivity index (χ1v) is 10.0. The maximum Gasteiger partial charge on any atom is 0.242 e. The number of carbonyl (C=O) groups is 1. The van der Waals surface area contributed by atoms with Crippen molar-refractivity contribution in [3.63, 3.8) is 0 Å². The fourth-order valence-electron chi connectivity index (χ4n) is 3.58. The number of halogens is 3. The van der Waals surface area contributed by atoms with E-state index in [9.17, 15) is 13.6 Å². The molecule has 3 aromatic rings. The van der Waals surface area contributed by atoms with Crippen LogP contribution in [-0.2, 0) is 11.2 Å². The highest BCUT2D eigenvalue weighted by Gasteiger charge is 2.31. The molecule has 154 valence electrons. The van der Waals surface area contributed by atoms with Gasteiger partial charge >= 0.3 is 0 Å². The van der Waals surface area contributed by atoms with Gasteiger partial charge in [-0.2, -0.15) is 0 Å². The molecule has 0 saturated carbocycles. The molecule has 30 heavy (non-hydrogen) atoms. The lowest BCUT2D eigenvalue weighted by Gasteiger charge is -2.34. The van der Waals surface area contributed by atoms with E-state index in [4.69, 9.17) is 16.3 Å². The molecule has 0 saturated heterocycles. The van der Waals surface area contributed by atoms with Gasteiger partial charge in [0.05, 0.1) is 11.7 Å². The lowest BCUT2D eigenvalue weighted by molar-refractivity contribution is -0.117. The number of pyridine rings is 1. The maximum absolute atomic E-state index is 13.4. The molecule has 1 aliphatic heterocycles. The largest absolute Gasteiger partial charge is 0.474 e. The van der Waals surface area contributed by atoms with Gasteiger partial charge in [0.25, 0.3) is 0 Å². The van der Waals surface area contributed by atoms with Crippen LogP contribution in [0.4, 0.5) is 14.5 Å². The topological polar surface area (TPSA) is 42.4 Å². The summed E-state index contributed by atoms with van der Waals surface area (Å²) >= 11 is 5.82. The normalized spacial score (nSPS) is 15.5. The van der Waals surface area contributed by atoms with Gasteiger partial charge in [-0.25, -0.2) is 13.8 Å². The molecule has 0 bridgehead atoms. The van der Waals surface area contributed by atoms with E-state index in [1.165, 1.54) is 24.3 Å². The molecule has 0 spiro atoms. The van der Waals surface area contributed by atoms with Gasteiger partial charge in [-0.05, 0) is 66.9 Å². The molecular weight excluding hydrogens is 410 g/mol. The van der Waals surface area contributed by atoms with Gasteiger partial charge in [-0.1, -0.05) is 12.1 Å². The summed E-state index contributed by atoms with van der Waals surface area (Å²) < 4.78 is 32.6. The number of carbonyl (C=O) groups excluding carboxylic acids is 1. The van der Waals surface area contributed by atoms with E-state index in [-0.39, 0.29) is 29.5 Å². The Morgan fingerprint density at radius 3 is 2.40 bits per heavy atom. The second-order valence-electron chi connectivity index (χ2n) is 7.19. The molecule has 1 aliphatic rings. The lowest BCUT2D eigenvalue weighted by atomic mass is 9.98. The van der Waals surface area contributed by atoms with Crippen LogP contribution in [0.15, 0.2) is 54.6 Å². The summed E-state index contributed by atoms with van der Waals surface area (Å²) in [5, 5.41) is 0. The number of hydrogen-bond donors (Lipinski definition) is 0. The van der Waals surface area contributed by atoms with Crippen LogP contribution in [0.3, 0.4) is 0 Å². The summed E-state index contributed by atoms with van der Waals surface area (Å²) in [6.07, 6.45) is 0.449. The van der Waals surface area contributed by atoms with Crippen molar-refractivity contribution in [1.82, 2.24) is 4.98 Å². The molecule has 0 aliphatic carbocycles. The Bertz CT molecular complexity index is 1070. The van der Waals surface area contributed by atoms with E-state index in [1.807, 2.05) is 13.0 Å². The van der Waals surface area contributed by atoms with E-state index in [1.54, 1.807) is 29.2 Å². The van der Waals surface area contributed by atoms with Crippen molar-refractivity contribution in [2.24, 2.45) is 0 Å². The summed E-state index contributed by atoms with van der Waals surface area (Å²) in [6.45, 7) is 2.17. The highest BCUT2D eigenvalue weighted by Crippen LogP contribution is 2.38. The molecule has 7 heteroatoms. The Labute approximate surface area is 178 Å². The minimum atomic E-state index is -0.347. The van der Waals surface area contributed by atoms with E-state index in [2.05, 4.69) is 4.98 Å². The van der Waals surface area contributed by atoms with Crippen molar-refractivity contribution >= 4 is 23.2 Å². The summed E-state index contributed by atoms with van der Waals surface area (Å²) in [7, 11) is 0. The first-order valence-electron chi connectivity index (χ1n) is 9.51. The van der Waals surface area contributed by atoms with Crippen LogP contribution < -0.4 is 9.64 Å². The summed E-state index contributed by atoms with van der Waals surface area (Å²) in [5.74, 6) is -0.731. The Balaban J connectivity index is 1.85. The average molecular weight is 429 g/mol. The number of ether oxygens (including phenoxy) is 1. The first-order chi connectivity index (χ1) is 14.5. The van der Waals surface area contributed by atoms with Gasteiger partial charge in [0.15, 0.2) is 0 Å². The minimum Gasteiger partial charge on any atom is -0.474 e. The lowest BCUT2D eigenvalue weighted by Crippen LogP contribution is -2.46. The number of fused-ring (bicyclic) bond motifs is 1. The Morgan fingerprint density at radius 2 is 1.77 bits per heavy atom. The number of rotatable bonds is 4. The van der Waals surface area contributed by atoms with Gasteiger partial charge in [-0.3, -0.25) is 4.79 Å². The fraction of sp³-hybridized carbons (Fsp3) is 0.217. The van der Waals surface area contributed by atoms with Crippen LogP contribution in [-0.4, -0.2) is 29.4 Å². The number of anilines is 1. The quantitative estimate of drug-likeness (QED) is 0.551. The van der Waals surface area contributed by atoms with Crippen molar-refractivity contribution in [1.29, 1.82) is 0 Å². The van der Waals surface area contributed by atoms with E-state index < -0.39 is 0 Å². The standard InChI is InChI=1S/C23H19ClF2N2O2/c1-14-13-30-23-20(28(14)21(29)12-24)11-17(10-15-2-6-18(25)7-3-15)22(27-23)16-4-8-19(26)9-5-16/h2-9,11,14H,10,12-13H2,1H3. The highest BCUT2D eigenvalue weighted by atomic mass is 35.5. The molecule has 0 radical (unpaired) electrons. The van der Waals surface area contributed by atoms with Gasteiger partial charge in [0.1, 0.15) is 29.8 Å². The number of hydrogen-bond acceptors (Lipinski definition) is 3. The fourth-order valence-corrected chi connectivity index (χ4v) is 3.70. The van der Waals surface area contributed by atoms with E-state index >= 15 is 0 Å². The molecule has 1 amide bonds. The van der Waals surface area contributed by atoms with Crippen molar-refractivity contribution < 1.29 is 18.3 Å². The van der Waals surface area contributed by atoms with Gasteiger partial charge in [0, 0.05) is 5.56 Å². The summed E-state index contributed by atoms with van der Waals surface area (Å²) in [6, 6.07) is 13.9. The van der Waals surface area contributed by atoms with Crippen molar-refractivity contribution in [2.45, 2.75) is 19.4 Å². The third kappa shape index (κ3) is 4.00. The number of nitrogens with zero attached hydrogens (tertiary/aromatic N) is 2. The van der Waals surface area contributed by atoms with Crippen LogP contribution in [0.1, 0.15) is 18.1 Å². The summed E-state index contributed by atoms with van der Waals surface area (Å²) in [4.78, 5) is 18.7. The zero-order chi connectivity index (χ0) is 21.3. The van der Waals surface area contributed by atoms with Crippen LogP contribution >= 0.6 is 11.6 Å². The molecule has 1 aromatic heterocycles. The zero-order valence-corrected chi connectivity index (χ0v) is 17.0. The first kappa shape index (κ1) is 20.3. The zero-order valence-electron chi connectivity index (χ0n) is 16.2. The average Bonchev–Trinajstić information content (AvgIpc) is 2.75. The van der Waals surface area contributed by atoms with Gasteiger partial charge < -0.3 is 9.64 Å². The minimum absolute atomic E-state index is 0.156. The predicted molar refractivity (Wildman–Crippen MR) is 112 cm³/mol. The Kier molecular flexibility index (Phi) is 5.68. The maximum atomic E-state index is 13.4. The van der Waals surface area contributed by atoms with Crippen LogP contribution in [0.5, 0.6) is 5.88 Å². The monoisotopic (exact) mass is 428 g/mol. The number of aromatic nitrogens is 1. The van der Waals surface area contributed by atoms with E-state index in [0.717, 1.165) is 11.1 Å². The molecule has 2 aromatic carbocycles. The molecule has 0 fully saturated rings. The Hall–Kier alpha value is -2.99. The van der Waals surface area contributed by atoms with Gasteiger partial charge in [0.2, 0.25) is 11.8 Å². The van der Waals surface area contributed by atoms with Crippen molar-refractivity contribution in [2.75, 3.05) is 17.4 Å². The number of amides is 1. The highest BCUT2D eigenvalue weighted by molar-refractivity contribution is 6.29. The Morgan fingerprint density at radius 1 is 1.13 bits per heavy atom. The number of benzene rings is 2. The second-order valence-corrected chi connectivity index (χ2v) is 7.46. The smallest absolute Gasteiger partial charge is 0.242 e. The summed E-state index contributed by atoms with van der Waals surface area (Å²) in [5.41, 5.74) is 3.56. The molecule has 4 rings (SSSR count). The van der Waals surface area contributed by atoms with Gasteiger partial charge in [-0.15, -0.1) is 11.6 Å². The molecule has 0 N–H and O–H groups in total. The van der Waals surface area contributed by atoms with Crippen LogP contribution in [0.2, 0.25) is 0 Å². The number of alkyl halides is 1. The molecule has 1 unspecified atom stereocenters. The molecule has 1 atom stereocenters. The second kappa shape index (κ2) is 8.40. The van der Waals surface area contributed by atoms with Crippen molar-refractivity contribution in [3.8, 4) is 17.1 Å². The SMILES string of the molecule is CC1COc2nc(-c3ccc(F)cc3)c(Cc3ccc(F)cc3)cc2N1C(=O)CCl. The van der Waals surface area contributed by atoms with Crippen LogP contribution in [0.25, 0.3) is 11.3 Å². The van der Waals surface area contributed by atoms with Crippen LogP contribution in [0, 0.1) is 11.6 Å². The third-order valence-electron chi connectivity index (χ3n) is 5.02. The molecule has 4 nitrogen and oxygen atoms in total.